The van der Waals surface area contributed by atoms with E-state index in [2.05, 4.69) is 55.5 Å². The van der Waals surface area contributed by atoms with Crippen molar-refractivity contribution < 1.29 is 9.53 Å². The highest BCUT2D eigenvalue weighted by atomic mass is 16.5. The normalized spacial score (nSPS) is 15.9. The van der Waals surface area contributed by atoms with Gasteiger partial charge in [0.1, 0.15) is 5.75 Å². The van der Waals surface area contributed by atoms with E-state index in [0.717, 1.165) is 12.0 Å². The maximum absolute atomic E-state index is 13.4. The summed E-state index contributed by atoms with van der Waals surface area (Å²) in [6.07, 6.45) is 0.869. The van der Waals surface area contributed by atoms with E-state index in [-0.39, 0.29) is 11.9 Å². The Balaban J connectivity index is 1.78. The molecule has 1 atom stereocenters. The maximum Gasteiger partial charge on any atom is 0.254 e. The van der Waals surface area contributed by atoms with Gasteiger partial charge in [0, 0.05) is 12.1 Å². The molecule has 0 N–H and O–H groups in total. The first-order valence-electron chi connectivity index (χ1n) is 9.27. The van der Waals surface area contributed by atoms with Gasteiger partial charge in [-0.05, 0) is 48.2 Å². The van der Waals surface area contributed by atoms with Gasteiger partial charge in [0.2, 0.25) is 0 Å². The average molecular weight is 357 g/mol. The quantitative estimate of drug-likeness (QED) is 0.674. The van der Waals surface area contributed by atoms with Crippen molar-refractivity contribution in [3.63, 3.8) is 0 Å². The zero-order chi connectivity index (χ0) is 18.8. The van der Waals surface area contributed by atoms with Crippen molar-refractivity contribution in [1.29, 1.82) is 0 Å². The fourth-order valence-electron chi connectivity index (χ4n) is 3.82. The second-order valence-corrected chi connectivity index (χ2v) is 6.99. The molecule has 0 aromatic heterocycles. The lowest BCUT2D eigenvalue weighted by Crippen LogP contribution is -2.40. The van der Waals surface area contributed by atoms with Gasteiger partial charge in [-0.2, -0.15) is 0 Å². The first kappa shape index (κ1) is 17.3. The number of ether oxygens (including phenoxy) is 1. The third-order valence-corrected chi connectivity index (χ3v) is 5.25. The largest absolute Gasteiger partial charge is 0.497 e. The highest BCUT2D eigenvalue weighted by Crippen LogP contribution is 2.36. The number of fused-ring (bicyclic) bond motifs is 1. The summed E-state index contributed by atoms with van der Waals surface area (Å²) in [5.74, 6) is 0.735. The molecule has 3 nitrogen and oxygen atoms in total. The highest BCUT2D eigenvalue weighted by molar-refractivity contribution is 5.95. The van der Waals surface area contributed by atoms with Crippen LogP contribution in [0, 0.1) is 6.92 Å². The number of nitrogens with zero attached hydrogens (tertiary/aromatic N) is 1. The Kier molecular flexibility index (Phi) is 4.68. The molecule has 1 heterocycles. The molecule has 1 unspecified atom stereocenters. The van der Waals surface area contributed by atoms with E-state index < -0.39 is 0 Å². The molecule has 136 valence electrons. The van der Waals surface area contributed by atoms with Gasteiger partial charge in [0.25, 0.3) is 5.91 Å². The van der Waals surface area contributed by atoms with Crippen LogP contribution in [-0.2, 0) is 6.42 Å². The van der Waals surface area contributed by atoms with E-state index in [1.807, 2.05) is 29.2 Å². The highest BCUT2D eigenvalue weighted by Gasteiger charge is 2.32. The van der Waals surface area contributed by atoms with Gasteiger partial charge in [-0.1, -0.05) is 60.2 Å². The summed E-state index contributed by atoms with van der Waals surface area (Å²) in [7, 11) is 1.62. The fraction of sp³-hybridized carbons (Fsp3) is 0.208. The molecule has 3 aromatic carbocycles. The second-order valence-electron chi connectivity index (χ2n) is 6.99. The SMILES string of the molecule is COc1cccc(C(=O)N2CCc3ccccc3C2c2ccc(C)cc2)c1. The zero-order valence-corrected chi connectivity index (χ0v) is 15.7. The number of benzene rings is 3. The molecule has 3 heteroatoms. The molecule has 1 aliphatic heterocycles. The Labute approximate surface area is 160 Å². The minimum absolute atomic E-state index is 0.0361. The Morgan fingerprint density at radius 2 is 1.78 bits per heavy atom. The van der Waals surface area contributed by atoms with E-state index in [9.17, 15) is 4.79 Å². The van der Waals surface area contributed by atoms with Crippen molar-refractivity contribution in [2.24, 2.45) is 0 Å². The van der Waals surface area contributed by atoms with Crippen LogP contribution in [0.25, 0.3) is 0 Å². The smallest absolute Gasteiger partial charge is 0.254 e. The summed E-state index contributed by atoms with van der Waals surface area (Å²) in [6.45, 7) is 2.78. The molecule has 0 spiro atoms. The number of carbonyl (C=O) groups excluding carboxylic acids is 1. The van der Waals surface area contributed by atoms with Crippen LogP contribution in [0.3, 0.4) is 0 Å². The Hall–Kier alpha value is -3.07. The van der Waals surface area contributed by atoms with Crippen LogP contribution >= 0.6 is 0 Å². The van der Waals surface area contributed by atoms with Crippen LogP contribution < -0.4 is 4.74 Å². The zero-order valence-electron chi connectivity index (χ0n) is 15.7. The predicted molar refractivity (Wildman–Crippen MR) is 107 cm³/mol. The summed E-state index contributed by atoms with van der Waals surface area (Å²) < 4.78 is 5.30. The Bertz CT molecular complexity index is 962. The van der Waals surface area contributed by atoms with Gasteiger partial charge in [-0.3, -0.25) is 4.79 Å². The summed E-state index contributed by atoms with van der Waals surface area (Å²) >= 11 is 0. The number of methoxy groups -OCH3 is 1. The summed E-state index contributed by atoms with van der Waals surface area (Å²) in [5, 5.41) is 0. The lowest BCUT2D eigenvalue weighted by molar-refractivity contribution is 0.0694. The monoisotopic (exact) mass is 357 g/mol. The van der Waals surface area contributed by atoms with Crippen molar-refractivity contribution in [3.8, 4) is 5.75 Å². The van der Waals surface area contributed by atoms with Crippen LogP contribution in [-0.4, -0.2) is 24.5 Å². The number of hydrogen-bond acceptors (Lipinski definition) is 2. The van der Waals surface area contributed by atoms with Crippen LogP contribution in [0.1, 0.15) is 38.7 Å². The maximum atomic E-state index is 13.4. The molecular formula is C24H23NO2. The molecule has 4 rings (SSSR count). The van der Waals surface area contributed by atoms with Crippen molar-refractivity contribution in [2.75, 3.05) is 13.7 Å². The van der Waals surface area contributed by atoms with Crippen molar-refractivity contribution >= 4 is 5.91 Å². The summed E-state index contributed by atoms with van der Waals surface area (Å²) in [5.41, 5.74) is 5.55. The van der Waals surface area contributed by atoms with Gasteiger partial charge < -0.3 is 9.64 Å². The molecule has 0 bridgehead atoms. The van der Waals surface area contributed by atoms with E-state index in [0.29, 0.717) is 17.9 Å². The first-order valence-corrected chi connectivity index (χ1v) is 9.27. The topological polar surface area (TPSA) is 29.5 Å². The van der Waals surface area contributed by atoms with Gasteiger partial charge in [0.05, 0.1) is 13.2 Å². The number of amides is 1. The van der Waals surface area contributed by atoms with E-state index in [1.54, 1.807) is 7.11 Å². The van der Waals surface area contributed by atoms with Gasteiger partial charge >= 0.3 is 0 Å². The van der Waals surface area contributed by atoms with E-state index in [1.165, 1.54) is 16.7 Å². The molecule has 0 saturated heterocycles. The number of rotatable bonds is 3. The van der Waals surface area contributed by atoms with Crippen molar-refractivity contribution in [1.82, 2.24) is 4.90 Å². The molecular weight excluding hydrogens is 334 g/mol. The van der Waals surface area contributed by atoms with Crippen LogP contribution in [0.2, 0.25) is 0 Å². The Morgan fingerprint density at radius 3 is 2.56 bits per heavy atom. The fourth-order valence-corrected chi connectivity index (χ4v) is 3.82. The minimum Gasteiger partial charge on any atom is -0.497 e. The number of aryl methyl sites for hydroxylation is 1. The standard InChI is InChI=1S/C24H23NO2/c1-17-10-12-19(13-11-17)23-22-9-4-3-6-18(22)14-15-25(23)24(26)20-7-5-8-21(16-20)27-2/h3-13,16,23H,14-15H2,1-2H3. The number of hydrogen-bond donors (Lipinski definition) is 0. The lowest BCUT2D eigenvalue weighted by Gasteiger charge is -2.38. The molecule has 0 fully saturated rings. The van der Waals surface area contributed by atoms with Gasteiger partial charge in [-0.25, -0.2) is 0 Å². The minimum atomic E-state index is -0.0748. The molecule has 0 saturated carbocycles. The molecule has 27 heavy (non-hydrogen) atoms. The second kappa shape index (κ2) is 7.28. The molecule has 0 radical (unpaired) electrons. The van der Waals surface area contributed by atoms with Crippen LogP contribution in [0.15, 0.2) is 72.8 Å². The molecule has 0 aliphatic carbocycles. The van der Waals surface area contributed by atoms with Gasteiger partial charge in [0.15, 0.2) is 0 Å². The Morgan fingerprint density at radius 1 is 1.00 bits per heavy atom. The molecule has 1 aliphatic rings. The molecule has 3 aromatic rings. The van der Waals surface area contributed by atoms with Gasteiger partial charge in [-0.15, -0.1) is 0 Å². The van der Waals surface area contributed by atoms with Crippen molar-refractivity contribution in [2.45, 2.75) is 19.4 Å². The van der Waals surface area contributed by atoms with Crippen LogP contribution in [0.5, 0.6) is 5.75 Å². The third kappa shape index (κ3) is 3.33. The summed E-state index contributed by atoms with van der Waals surface area (Å²) in [6, 6.07) is 24.3. The summed E-state index contributed by atoms with van der Waals surface area (Å²) in [4.78, 5) is 15.4. The first-order chi connectivity index (χ1) is 13.2. The van der Waals surface area contributed by atoms with E-state index in [4.69, 9.17) is 4.74 Å². The third-order valence-electron chi connectivity index (χ3n) is 5.25. The van der Waals surface area contributed by atoms with Crippen LogP contribution in [0.4, 0.5) is 0 Å². The van der Waals surface area contributed by atoms with E-state index >= 15 is 0 Å². The number of carbonyl (C=O) groups is 1. The lowest BCUT2D eigenvalue weighted by atomic mass is 9.87. The molecule has 1 amide bonds. The average Bonchev–Trinajstić information content (AvgIpc) is 2.73. The van der Waals surface area contributed by atoms with Crippen molar-refractivity contribution in [3.05, 3.63) is 101 Å². The predicted octanol–water partition coefficient (Wildman–Crippen LogP) is 4.79.